The monoisotopic (exact) mass is 542 g/mol. The Labute approximate surface area is 224 Å². The summed E-state index contributed by atoms with van der Waals surface area (Å²) in [6.07, 6.45) is 4.68. The molecule has 0 saturated carbocycles. The number of aromatic carboxylic acids is 1. The maximum Gasteiger partial charge on any atom is 0.339 e. The molecule has 1 aliphatic rings. The van der Waals surface area contributed by atoms with Gasteiger partial charge < -0.3 is 47.4 Å². The first-order valence-corrected chi connectivity index (χ1v) is 12.0. The Morgan fingerprint density at radius 3 is 2.18 bits per heavy atom. The molecule has 0 spiro atoms. The Kier molecular flexibility index (Phi) is 19.6. The topological polar surface area (TPSA) is 236 Å². The lowest BCUT2D eigenvalue weighted by Crippen LogP contribution is -2.34. The number of carbonyl (C=O) groups is 2. The van der Waals surface area contributed by atoms with Gasteiger partial charge in [-0.2, -0.15) is 0 Å². The summed E-state index contributed by atoms with van der Waals surface area (Å²) in [5.41, 5.74) is 3.22. The quantitative estimate of drug-likeness (QED) is 0.447. The van der Waals surface area contributed by atoms with Gasteiger partial charge in [-0.25, -0.2) is 4.79 Å². The van der Waals surface area contributed by atoms with Crippen molar-refractivity contribution in [2.45, 2.75) is 58.9 Å². The second-order valence-electron chi connectivity index (χ2n) is 9.10. The highest BCUT2D eigenvalue weighted by Crippen LogP contribution is 2.32. The number of carboxylic acids is 1. The molecular formula is C27H46N2O9. The van der Waals surface area contributed by atoms with Gasteiger partial charge in [0.05, 0.1) is 19.1 Å². The van der Waals surface area contributed by atoms with E-state index in [1.54, 1.807) is 19.1 Å². The standard InChI is InChI=1S/C27H36N2O4.5H2O/c1-4-33-25-17-20(12-13-22(25)27(31)32)18-26(30)28-23(16-19(2)3)21-10-6-7-11-24(21)29-14-8-5-9-15-29;;;;;/h6-7,10-13,17,19,23H,4-5,8-9,14-16,18H2,1-3H3,(H,28,30)(H,31,32);5*1H2/t23-;;;;;/m0...../s1. The second-order valence-corrected chi connectivity index (χ2v) is 9.10. The van der Waals surface area contributed by atoms with Gasteiger partial charge in [0.25, 0.3) is 0 Å². The van der Waals surface area contributed by atoms with Gasteiger partial charge in [-0.15, -0.1) is 0 Å². The molecule has 1 aliphatic heterocycles. The van der Waals surface area contributed by atoms with Crippen LogP contribution in [0.25, 0.3) is 0 Å². The predicted octanol–water partition coefficient (Wildman–Crippen LogP) is 1.10. The molecule has 0 aromatic heterocycles. The lowest BCUT2D eigenvalue weighted by molar-refractivity contribution is -0.121. The second kappa shape index (κ2) is 18.9. The van der Waals surface area contributed by atoms with Crippen LogP contribution < -0.4 is 15.0 Å². The first-order valence-electron chi connectivity index (χ1n) is 12.0. The van der Waals surface area contributed by atoms with Crippen LogP contribution >= 0.6 is 0 Å². The van der Waals surface area contributed by atoms with E-state index < -0.39 is 5.97 Å². The highest BCUT2D eigenvalue weighted by molar-refractivity contribution is 5.91. The van der Waals surface area contributed by atoms with E-state index in [0.29, 0.717) is 18.3 Å². The van der Waals surface area contributed by atoms with Crippen molar-refractivity contribution in [3.05, 3.63) is 59.2 Å². The van der Waals surface area contributed by atoms with Crippen LogP contribution in [0.1, 0.15) is 74.0 Å². The normalized spacial score (nSPS) is 12.8. The molecule has 1 heterocycles. The summed E-state index contributed by atoms with van der Waals surface area (Å²) >= 11 is 0. The Hall–Kier alpha value is -3.22. The van der Waals surface area contributed by atoms with E-state index in [2.05, 4.69) is 42.3 Å². The van der Waals surface area contributed by atoms with Crippen molar-refractivity contribution < 1.29 is 46.8 Å². The molecule has 11 heteroatoms. The first kappa shape index (κ1) is 39.3. The molecule has 12 N–H and O–H groups in total. The molecule has 38 heavy (non-hydrogen) atoms. The predicted molar refractivity (Wildman–Crippen MR) is 149 cm³/mol. The van der Waals surface area contributed by atoms with E-state index >= 15 is 0 Å². The van der Waals surface area contributed by atoms with Gasteiger partial charge in [0.2, 0.25) is 5.91 Å². The molecule has 3 rings (SSSR count). The highest BCUT2D eigenvalue weighted by Gasteiger charge is 2.23. The molecule has 1 fully saturated rings. The van der Waals surface area contributed by atoms with Gasteiger partial charge in [0.1, 0.15) is 11.3 Å². The first-order chi connectivity index (χ1) is 15.9. The van der Waals surface area contributed by atoms with Crippen molar-refractivity contribution >= 4 is 17.6 Å². The minimum absolute atomic E-state index is 0. The van der Waals surface area contributed by atoms with Gasteiger partial charge in [-0.1, -0.05) is 38.1 Å². The average molecular weight is 543 g/mol. The van der Waals surface area contributed by atoms with E-state index in [9.17, 15) is 14.7 Å². The molecule has 2 aromatic rings. The number of ether oxygens (including phenoxy) is 1. The molecule has 0 radical (unpaired) electrons. The largest absolute Gasteiger partial charge is 0.493 e. The van der Waals surface area contributed by atoms with Gasteiger partial charge in [0.15, 0.2) is 0 Å². The van der Waals surface area contributed by atoms with Crippen molar-refractivity contribution in [3.8, 4) is 5.75 Å². The number of piperidine rings is 1. The molecule has 0 aliphatic carbocycles. The van der Waals surface area contributed by atoms with Crippen molar-refractivity contribution in [2.75, 3.05) is 24.6 Å². The summed E-state index contributed by atoms with van der Waals surface area (Å²) < 4.78 is 5.49. The molecular weight excluding hydrogens is 496 g/mol. The van der Waals surface area contributed by atoms with Crippen LogP contribution in [-0.2, 0) is 11.2 Å². The summed E-state index contributed by atoms with van der Waals surface area (Å²) in [4.78, 5) is 26.9. The number of carboxylic acid groups (broad SMARTS) is 1. The van der Waals surface area contributed by atoms with Crippen molar-refractivity contribution in [1.29, 1.82) is 0 Å². The fourth-order valence-electron chi connectivity index (χ4n) is 4.50. The number of rotatable bonds is 10. The average Bonchev–Trinajstić information content (AvgIpc) is 2.79. The fraction of sp³-hybridized carbons (Fsp3) is 0.481. The molecule has 0 bridgehead atoms. The number of nitrogens with one attached hydrogen (secondary N) is 1. The SMILES string of the molecule is CCOc1cc(CC(=O)N[C@@H](CC(C)C)c2ccccc2N2CCCCC2)ccc1C(=O)O.O.O.O.O.O. The van der Waals surface area contributed by atoms with Crippen LogP contribution in [0, 0.1) is 5.92 Å². The Bertz CT molecular complexity index is 963. The van der Waals surface area contributed by atoms with Gasteiger partial charge in [0, 0.05) is 18.8 Å². The fourth-order valence-corrected chi connectivity index (χ4v) is 4.50. The number of carbonyl (C=O) groups excluding carboxylic acids is 1. The molecule has 11 nitrogen and oxygen atoms in total. The number of hydrogen-bond acceptors (Lipinski definition) is 4. The summed E-state index contributed by atoms with van der Waals surface area (Å²) in [6, 6.07) is 13.2. The van der Waals surface area contributed by atoms with E-state index in [0.717, 1.165) is 30.6 Å². The number of para-hydroxylation sites is 1. The molecule has 0 unspecified atom stereocenters. The molecule has 218 valence electrons. The Balaban J connectivity index is -0.00000245. The lowest BCUT2D eigenvalue weighted by atomic mass is 9.94. The number of anilines is 1. The maximum absolute atomic E-state index is 13.1. The summed E-state index contributed by atoms with van der Waals surface area (Å²) in [5, 5.41) is 12.6. The van der Waals surface area contributed by atoms with Crippen LogP contribution in [-0.4, -0.2) is 64.1 Å². The minimum atomic E-state index is -1.04. The van der Waals surface area contributed by atoms with Crippen molar-refractivity contribution in [3.63, 3.8) is 0 Å². The number of benzene rings is 2. The zero-order valence-electron chi connectivity index (χ0n) is 22.5. The number of hydrogen-bond donors (Lipinski definition) is 2. The zero-order chi connectivity index (χ0) is 23.8. The van der Waals surface area contributed by atoms with E-state index in [4.69, 9.17) is 4.74 Å². The van der Waals surface area contributed by atoms with Gasteiger partial charge >= 0.3 is 5.97 Å². The van der Waals surface area contributed by atoms with E-state index in [-0.39, 0.29) is 51.3 Å². The smallest absolute Gasteiger partial charge is 0.339 e. The molecule has 1 atom stereocenters. The molecule has 1 amide bonds. The molecule has 1 saturated heterocycles. The van der Waals surface area contributed by atoms with Crippen LogP contribution in [0.5, 0.6) is 5.75 Å². The minimum Gasteiger partial charge on any atom is -0.493 e. The highest BCUT2D eigenvalue weighted by atomic mass is 16.5. The third-order valence-corrected chi connectivity index (χ3v) is 5.99. The van der Waals surface area contributed by atoms with Crippen LogP contribution in [0.3, 0.4) is 0 Å². The summed E-state index contributed by atoms with van der Waals surface area (Å²) in [7, 11) is 0. The lowest BCUT2D eigenvalue weighted by Gasteiger charge is -2.33. The number of amides is 1. The summed E-state index contributed by atoms with van der Waals surface area (Å²) in [6.45, 7) is 8.61. The van der Waals surface area contributed by atoms with Crippen LogP contribution in [0.2, 0.25) is 0 Å². The van der Waals surface area contributed by atoms with E-state index in [1.807, 2.05) is 6.07 Å². The number of nitrogens with zero attached hydrogens (tertiary/aromatic N) is 1. The van der Waals surface area contributed by atoms with Gasteiger partial charge in [-0.05, 0) is 67.9 Å². The van der Waals surface area contributed by atoms with Crippen LogP contribution in [0.15, 0.2) is 42.5 Å². The zero-order valence-corrected chi connectivity index (χ0v) is 22.5. The Morgan fingerprint density at radius 2 is 1.61 bits per heavy atom. The van der Waals surface area contributed by atoms with Crippen molar-refractivity contribution in [2.24, 2.45) is 5.92 Å². The van der Waals surface area contributed by atoms with Crippen molar-refractivity contribution in [1.82, 2.24) is 5.32 Å². The third-order valence-electron chi connectivity index (χ3n) is 5.99. The van der Waals surface area contributed by atoms with Gasteiger partial charge in [-0.3, -0.25) is 4.79 Å². The maximum atomic E-state index is 13.1. The molecule has 2 aromatic carbocycles. The Morgan fingerprint density at radius 1 is 0.974 bits per heavy atom. The third kappa shape index (κ3) is 10.6. The summed E-state index contributed by atoms with van der Waals surface area (Å²) in [5.74, 6) is -0.408. The van der Waals surface area contributed by atoms with Crippen LogP contribution in [0.4, 0.5) is 5.69 Å². The van der Waals surface area contributed by atoms with E-state index in [1.165, 1.54) is 31.0 Å².